The third-order valence-corrected chi connectivity index (χ3v) is 2.58. The molecule has 2 aromatic rings. The fourth-order valence-electron chi connectivity index (χ4n) is 1.08. The average molecular weight is 253 g/mol. The van der Waals surface area contributed by atoms with Gasteiger partial charge in [0.05, 0.1) is 6.20 Å². The number of hydrogen-bond acceptors (Lipinski definition) is 5. The summed E-state index contributed by atoms with van der Waals surface area (Å²) in [6.07, 6.45) is 1.31. The van der Waals surface area contributed by atoms with E-state index in [2.05, 4.69) is 14.3 Å². The SMILES string of the molecule is CC(C)(C)c1nsc(Oc2ccc(F)nc2)n1. The van der Waals surface area contributed by atoms with Crippen molar-refractivity contribution < 1.29 is 9.13 Å². The predicted molar refractivity (Wildman–Crippen MR) is 62.9 cm³/mol. The van der Waals surface area contributed by atoms with Crippen LogP contribution in [0.25, 0.3) is 0 Å². The summed E-state index contributed by atoms with van der Waals surface area (Å²) >= 11 is 1.17. The summed E-state index contributed by atoms with van der Waals surface area (Å²) in [4.78, 5) is 7.76. The van der Waals surface area contributed by atoms with Crippen LogP contribution in [0.2, 0.25) is 0 Å². The van der Waals surface area contributed by atoms with Gasteiger partial charge in [-0.25, -0.2) is 4.98 Å². The lowest BCUT2D eigenvalue weighted by Gasteiger charge is -2.11. The zero-order valence-electron chi connectivity index (χ0n) is 9.77. The van der Waals surface area contributed by atoms with Crippen molar-refractivity contribution in [3.05, 3.63) is 30.1 Å². The molecule has 0 atom stereocenters. The molecule has 0 N–H and O–H groups in total. The first-order valence-corrected chi connectivity index (χ1v) is 5.86. The number of rotatable bonds is 2. The second-order valence-electron chi connectivity index (χ2n) is 4.55. The Morgan fingerprint density at radius 1 is 1.29 bits per heavy atom. The Labute approximate surface area is 103 Å². The van der Waals surface area contributed by atoms with Gasteiger partial charge in [0.15, 0.2) is 5.82 Å². The summed E-state index contributed by atoms with van der Waals surface area (Å²) in [5.41, 5.74) is -0.112. The van der Waals surface area contributed by atoms with Crippen LogP contribution in [0.5, 0.6) is 10.9 Å². The van der Waals surface area contributed by atoms with E-state index < -0.39 is 5.95 Å². The Morgan fingerprint density at radius 2 is 2.06 bits per heavy atom. The summed E-state index contributed by atoms with van der Waals surface area (Å²) in [7, 11) is 0. The molecule has 0 unspecified atom stereocenters. The van der Waals surface area contributed by atoms with Crippen LogP contribution in [0.4, 0.5) is 4.39 Å². The highest BCUT2D eigenvalue weighted by molar-refractivity contribution is 7.07. The molecule has 0 bridgehead atoms. The molecule has 0 aromatic carbocycles. The molecule has 0 fully saturated rings. The second-order valence-corrected chi connectivity index (χ2v) is 5.27. The maximum Gasteiger partial charge on any atom is 0.298 e. The zero-order chi connectivity index (χ0) is 12.5. The number of aromatic nitrogens is 3. The van der Waals surface area contributed by atoms with Crippen LogP contribution in [0.3, 0.4) is 0 Å². The third kappa shape index (κ3) is 2.97. The molecule has 0 radical (unpaired) electrons. The molecule has 0 aliphatic rings. The van der Waals surface area contributed by atoms with Crippen molar-refractivity contribution in [2.45, 2.75) is 26.2 Å². The molecule has 90 valence electrons. The molecule has 0 aliphatic carbocycles. The van der Waals surface area contributed by atoms with Gasteiger partial charge in [0.2, 0.25) is 5.95 Å². The van der Waals surface area contributed by atoms with E-state index in [1.165, 1.54) is 29.9 Å². The Hall–Kier alpha value is -1.56. The van der Waals surface area contributed by atoms with E-state index >= 15 is 0 Å². The van der Waals surface area contributed by atoms with Gasteiger partial charge in [-0.15, -0.1) is 0 Å². The van der Waals surface area contributed by atoms with E-state index in [-0.39, 0.29) is 5.41 Å². The molecular formula is C11H12FN3OS. The molecule has 2 heterocycles. The highest BCUT2D eigenvalue weighted by Crippen LogP contribution is 2.27. The second kappa shape index (κ2) is 4.37. The quantitative estimate of drug-likeness (QED) is 0.771. The van der Waals surface area contributed by atoms with Gasteiger partial charge in [0.25, 0.3) is 5.19 Å². The number of halogens is 1. The molecule has 6 heteroatoms. The largest absolute Gasteiger partial charge is 0.428 e. The Balaban J connectivity index is 2.14. The molecule has 2 rings (SSSR count). The molecule has 2 aromatic heterocycles. The van der Waals surface area contributed by atoms with Crippen LogP contribution in [0.15, 0.2) is 18.3 Å². The fourth-order valence-corrected chi connectivity index (χ4v) is 1.82. The van der Waals surface area contributed by atoms with Crippen LogP contribution in [0, 0.1) is 5.95 Å². The fraction of sp³-hybridized carbons (Fsp3) is 0.364. The van der Waals surface area contributed by atoms with Gasteiger partial charge in [-0.2, -0.15) is 13.7 Å². The number of hydrogen-bond donors (Lipinski definition) is 0. The Morgan fingerprint density at radius 3 is 2.59 bits per heavy atom. The molecule has 0 saturated carbocycles. The van der Waals surface area contributed by atoms with E-state index in [0.717, 1.165) is 5.82 Å². The lowest BCUT2D eigenvalue weighted by atomic mass is 9.96. The maximum absolute atomic E-state index is 12.6. The van der Waals surface area contributed by atoms with Crippen molar-refractivity contribution in [1.29, 1.82) is 0 Å². The standard InChI is InChI=1S/C11H12FN3OS/c1-11(2,3)9-14-10(17-15-9)16-7-4-5-8(12)13-6-7/h4-6H,1-3H3. The summed E-state index contributed by atoms with van der Waals surface area (Å²) < 4.78 is 22.2. The van der Waals surface area contributed by atoms with E-state index in [0.29, 0.717) is 10.9 Å². The van der Waals surface area contributed by atoms with Gasteiger partial charge >= 0.3 is 0 Å². The van der Waals surface area contributed by atoms with Crippen molar-refractivity contribution in [1.82, 2.24) is 14.3 Å². The summed E-state index contributed by atoms with van der Waals surface area (Å²) in [5.74, 6) is 0.639. The molecule has 4 nitrogen and oxygen atoms in total. The molecule has 0 saturated heterocycles. The van der Waals surface area contributed by atoms with E-state index in [1.54, 1.807) is 0 Å². The van der Waals surface area contributed by atoms with Crippen LogP contribution < -0.4 is 4.74 Å². The van der Waals surface area contributed by atoms with Gasteiger partial charge in [0.1, 0.15) is 5.75 Å². The molecular weight excluding hydrogens is 241 g/mol. The van der Waals surface area contributed by atoms with Crippen molar-refractivity contribution in [3.63, 3.8) is 0 Å². The first-order valence-electron chi connectivity index (χ1n) is 5.09. The molecule has 0 amide bonds. The van der Waals surface area contributed by atoms with Crippen LogP contribution >= 0.6 is 11.5 Å². The van der Waals surface area contributed by atoms with Crippen LogP contribution in [0.1, 0.15) is 26.6 Å². The smallest absolute Gasteiger partial charge is 0.298 e. The zero-order valence-corrected chi connectivity index (χ0v) is 10.6. The van der Waals surface area contributed by atoms with E-state index in [9.17, 15) is 4.39 Å². The summed E-state index contributed by atoms with van der Waals surface area (Å²) in [6, 6.07) is 2.74. The number of pyridine rings is 1. The lowest BCUT2D eigenvalue weighted by molar-refractivity contribution is 0.462. The minimum Gasteiger partial charge on any atom is -0.428 e. The molecule has 17 heavy (non-hydrogen) atoms. The van der Waals surface area contributed by atoms with Gasteiger partial charge in [-0.05, 0) is 12.1 Å². The van der Waals surface area contributed by atoms with Crippen molar-refractivity contribution in [2.75, 3.05) is 0 Å². The van der Waals surface area contributed by atoms with Crippen LogP contribution in [-0.2, 0) is 5.41 Å². The number of ether oxygens (including phenoxy) is 1. The topological polar surface area (TPSA) is 47.9 Å². The summed E-state index contributed by atoms with van der Waals surface area (Å²) in [6.45, 7) is 6.08. The van der Waals surface area contributed by atoms with Crippen molar-refractivity contribution >= 4 is 11.5 Å². The van der Waals surface area contributed by atoms with Gasteiger partial charge in [-0.3, -0.25) is 0 Å². The maximum atomic E-state index is 12.6. The van der Waals surface area contributed by atoms with E-state index in [4.69, 9.17) is 4.74 Å². The highest BCUT2D eigenvalue weighted by atomic mass is 32.1. The Bertz CT molecular complexity index is 504. The van der Waals surface area contributed by atoms with Gasteiger partial charge in [-0.1, -0.05) is 20.8 Å². The van der Waals surface area contributed by atoms with Crippen molar-refractivity contribution in [2.24, 2.45) is 0 Å². The highest BCUT2D eigenvalue weighted by Gasteiger charge is 2.20. The minimum atomic E-state index is -0.537. The minimum absolute atomic E-state index is 0.112. The van der Waals surface area contributed by atoms with Crippen LogP contribution in [-0.4, -0.2) is 14.3 Å². The molecule has 0 aliphatic heterocycles. The predicted octanol–water partition coefficient (Wildman–Crippen LogP) is 3.16. The first kappa shape index (κ1) is 11.9. The lowest BCUT2D eigenvalue weighted by Crippen LogP contribution is -2.12. The average Bonchev–Trinajstić information content (AvgIpc) is 2.69. The first-order chi connectivity index (χ1) is 7.95. The van der Waals surface area contributed by atoms with E-state index in [1.807, 2.05) is 20.8 Å². The number of nitrogens with zero attached hydrogens (tertiary/aromatic N) is 3. The Kier molecular flexibility index (Phi) is 3.06. The molecule has 0 spiro atoms. The van der Waals surface area contributed by atoms with Gasteiger partial charge in [0, 0.05) is 16.9 Å². The van der Waals surface area contributed by atoms with Crippen molar-refractivity contribution in [3.8, 4) is 10.9 Å². The summed E-state index contributed by atoms with van der Waals surface area (Å²) in [5, 5.41) is 0.434. The monoisotopic (exact) mass is 253 g/mol. The third-order valence-electron chi connectivity index (χ3n) is 1.98. The van der Waals surface area contributed by atoms with Gasteiger partial charge < -0.3 is 4.74 Å². The normalized spacial score (nSPS) is 11.5.